The molecular weight excluding hydrogens is 282 g/mol. The average molecular weight is 301 g/mol. The van der Waals surface area contributed by atoms with Crippen LogP contribution in [-0.2, 0) is 14.8 Å². The van der Waals surface area contributed by atoms with Gasteiger partial charge < -0.3 is 16.2 Å². The second-order valence-corrected chi connectivity index (χ2v) is 6.40. The lowest BCUT2D eigenvalue weighted by Crippen LogP contribution is -2.42. The summed E-state index contributed by atoms with van der Waals surface area (Å²) in [5, 5.41) is 0. The molecule has 8 heteroatoms. The molecule has 1 amide bonds. The number of methoxy groups -OCH3 is 1. The number of benzene rings is 1. The molecule has 0 fully saturated rings. The van der Waals surface area contributed by atoms with Crippen LogP contribution in [0.1, 0.15) is 13.8 Å². The highest BCUT2D eigenvalue weighted by molar-refractivity contribution is 7.89. The van der Waals surface area contributed by atoms with Crippen LogP contribution in [0.4, 0.5) is 5.69 Å². The summed E-state index contributed by atoms with van der Waals surface area (Å²) in [4.78, 5) is 11.0. The van der Waals surface area contributed by atoms with Crippen molar-refractivity contribution < 1.29 is 17.9 Å². The third-order valence-corrected chi connectivity index (χ3v) is 4.72. The summed E-state index contributed by atoms with van der Waals surface area (Å²) in [6.45, 7) is 2.94. The molecule has 1 rings (SSSR count). The SMILES string of the molecule is COc1cc(S(=O)(=O)N(CC(N)=O)C(C)C)ccc1N. The predicted octanol–water partition coefficient (Wildman–Crippen LogP) is 0.162. The van der Waals surface area contributed by atoms with E-state index in [-0.39, 0.29) is 17.2 Å². The van der Waals surface area contributed by atoms with Crippen molar-refractivity contribution in [2.75, 3.05) is 19.4 Å². The van der Waals surface area contributed by atoms with E-state index >= 15 is 0 Å². The molecule has 4 N–H and O–H groups in total. The normalized spacial score (nSPS) is 11.8. The molecule has 0 aliphatic heterocycles. The minimum atomic E-state index is -3.85. The number of hydrogen-bond acceptors (Lipinski definition) is 5. The number of hydrogen-bond donors (Lipinski definition) is 2. The molecule has 0 aromatic heterocycles. The van der Waals surface area contributed by atoms with Gasteiger partial charge in [-0.25, -0.2) is 8.42 Å². The molecule has 0 heterocycles. The fraction of sp³-hybridized carbons (Fsp3) is 0.417. The molecule has 0 unspecified atom stereocenters. The highest BCUT2D eigenvalue weighted by Crippen LogP contribution is 2.27. The van der Waals surface area contributed by atoms with Gasteiger partial charge in [0, 0.05) is 12.1 Å². The number of carbonyl (C=O) groups excluding carboxylic acids is 1. The molecule has 112 valence electrons. The Balaban J connectivity index is 3.29. The first-order valence-corrected chi connectivity index (χ1v) is 7.37. The lowest BCUT2D eigenvalue weighted by molar-refractivity contribution is -0.118. The van der Waals surface area contributed by atoms with E-state index in [1.54, 1.807) is 13.8 Å². The highest BCUT2D eigenvalue weighted by Gasteiger charge is 2.28. The average Bonchev–Trinajstić information content (AvgIpc) is 2.35. The van der Waals surface area contributed by atoms with E-state index in [2.05, 4.69) is 0 Å². The molecule has 1 aromatic carbocycles. The van der Waals surface area contributed by atoms with Gasteiger partial charge in [-0.1, -0.05) is 0 Å². The zero-order valence-electron chi connectivity index (χ0n) is 11.7. The van der Waals surface area contributed by atoms with E-state index in [0.717, 1.165) is 4.31 Å². The smallest absolute Gasteiger partial charge is 0.243 e. The summed E-state index contributed by atoms with van der Waals surface area (Å²) in [7, 11) is -2.45. The maximum absolute atomic E-state index is 12.5. The van der Waals surface area contributed by atoms with Crippen LogP contribution in [0.5, 0.6) is 5.75 Å². The second-order valence-electron chi connectivity index (χ2n) is 4.51. The van der Waals surface area contributed by atoms with Crippen LogP contribution in [-0.4, -0.2) is 38.3 Å². The molecule has 0 atom stereocenters. The number of carbonyl (C=O) groups is 1. The van der Waals surface area contributed by atoms with E-state index in [4.69, 9.17) is 16.2 Å². The maximum Gasteiger partial charge on any atom is 0.243 e. The fourth-order valence-corrected chi connectivity index (χ4v) is 3.31. The van der Waals surface area contributed by atoms with E-state index in [0.29, 0.717) is 5.69 Å². The standard InChI is InChI=1S/C12H19N3O4S/c1-8(2)15(7-12(14)16)20(17,18)9-4-5-10(13)11(6-9)19-3/h4-6,8H,7,13H2,1-3H3,(H2,14,16). The molecule has 0 spiro atoms. The Labute approximate surface area is 118 Å². The Hall–Kier alpha value is -1.80. The van der Waals surface area contributed by atoms with Crippen molar-refractivity contribution in [3.05, 3.63) is 18.2 Å². The van der Waals surface area contributed by atoms with Gasteiger partial charge in [0.1, 0.15) is 5.75 Å². The topological polar surface area (TPSA) is 116 Å². The zero-order valence-corrected chi connectivity index (χ0v) is 12.5. The number of amides is 1. The Bertz CT molecular complexity index is 599. The van der Waals surface area contributed by atoms with Gasteiger partial charge >= 0.3 is 0 Å². The van der Waals surface area contributed by atoms with E-state index in [9.17, 15) is 13.2 Å². The minimum absolute atomic E-state index is 0.00139. The van der Waals surface area contributed by atoms with Crippen LogP contribution >= 0.6 is 0 Å². The van der Waals surface area contributed by atoms with Gasteiger partial charge in [0.05, 0.1) is 24.2 Å². The summed E-state index contributed by atoms with van der Waals surface area (Å²) in [5.41, 5.74) is 11.1. The van der Waals surface area contributed by atoms with Crippen molar-refractivity contribution in [3.63, 3.8) is 0 Å². The number of sulfonamides is 1. The largest absolute Gasteiger partial charge is 0.495 e. The van der Waals surface area contributed by atoms with E-state index in [1.165, 1.54) is 25.3 Å². The first-order chi connectivity index (χ1) is 9.20. The summed E-state index contributed by atoms with van der Waals surface area (Å²) in [6, 6.07) is 3.72. The number of nitrogens with two attached hydrogens (primary N) is 2. The van der Waals surface area contributed by atoms with Gasteiger partial charge in [-0.15, -0.1) is 0 Å². The Morgan fingerprint density at radius 2 is 2.00 bits per heavy atom. The molecule has 0 aliphatic carbocycles. The minimum Gasteiger partial charge on any atom is -0.495 e. The van der Waals surface area contributed by atoms with E-state index in [1.807, 2.05) is 0 Å². The number of rotatable bonds is 6. The molecule has 0 aliphatic rings. The van der Waals surface area contributed by atoms with Gasteiger partial charge in [-0.2, -0.15) is 4.31 Å². The van der Waals surface area contributed by atoms with E-state index < -0.39 is 22.0 Å². The maximum atomic E-state index is 12.5. The van der Waals surface area contributed by atoms with Crippen LogP contribution < -0.4 is 16.2 Å². The lowest BCUT2D eigenvalue weighted by atomic mass is 10.3. The summed E-state index contributed by atoms with van der Waals surface area (Å²) < 4.78 is 31.1. The van der Waals surface area contributed by atoms with Crippen molar-refractivity contribution >= 4 is 21.6 Å². The van der Waals surface area contributed by atoms with Gasteiger partial charge in [0.15, 0.2) is 0 Å². The monoisotopic (exact) mass is 301 g/mol. The Kier molecular flexibility index (Phi) is 4.96. The molecular formula is C12H19N3O4S. The van der Waals surface area contributed by atoms with Crippen LogP contribution in [0, 0.1) is 0 Å². The van der Waals surface area contributed by atoms with Crippen molar-refractivity contribution in [3.8, 4) is 5.75 Å². The highest BCUT2D eigenvalue weighted by atomic mass is 32.2. The van der Waals surface area contributed by atoms with Gasteiger partial charge in [-0.3, -0.25) is 4.79 Å². The third-order valence-electron chi connectivity index (χ3n) is 2.70. The number of nitrogen functional groups attached to an aromatic ring is 1. The molecule has 20 heavy (non-hydrogen) atoms. The zero-order chi connectivity index (χ0) is 15.5. The molecule has 0 radical (unpaired) electrons. The predicted molar refractivity (Wildman–Crippen MR) is 75.6 cm³/mol. The molecule has 0 bridgehead atoms. The van der Waals surface area contributed by atoms with Crippen LogP contribution in [0.25, 0.3) is 0 Å². The fourth-order valence-electron chi connectivity index (χ4n) is 1.69. The number of anilines is 1. The van der Waals surface area contributed by atoms with Gasteiger partial charge in [0.25, 0.3) is 0 Å². The molecule has 0 saturated carbocycles. The number of ether oxygens (including phenoxy) is 1. The molecule has 7 nitrogen and oxygen atoms in total. The van der Waals surface area contributed by atoms with Crippen molar-refractivity contribution in [1.29, 1.82) is 0 Å². The van der Waals surface area contributed by atoms with Gasteiger partial charge in [0.2, 0.25) is 15.9 Å². The number of primary amides is 1. The van der Waals surface area contributed by atoms with Crippen molar-refractivity contribution in [2.24, 2.45) is 5.73 Å². The second kappa shape index (κ2) is 6.10. The first kappa shape index (κ1) is 16.3. The van der Waals surface area contributed by atoms with Crippen LogP contribution in [0.3, 0.4) is 0 Å². The quantitative estimate of drug-likeness (QED) is 0.726. The lowest BCUT2D eigenvalue weighted by Gasteiger charge is -2.24. The van der Waals surface area contributed by atoms with Gasteiger partial charge in [-0.05, 0) is 26.0 Å². The van der Waals surface area contributed by atoms with Crippen LogP contribution in [0.15, 0.2) is 23.1 Å². The van der Waals surface area contributed by atoms with Crippen LogP contribution in [0.2, 0.25) is 0 Å². The number of nitrogens with zero attached hydrogens (tertiary/aromatic N) is 1. The summed E-state index contributed by atoms with van der Waals surface area (Å²) >= 11 is 0. The first-order valence-electron chi connectivity index (χ1n) is 5.93. The summed E-state index contributed by atoms with van der Waals surface area (Å²) in [6.07, 6.45) is 0. The molecule has 0 saturated heterocycles. The third kappa shape index (κ3) is 3.40. The van der Waals surface area contributed by atoms with Crippen molar-refractivity contribution in [2.45, 2.75) is 24.8 Å². The molecule has 1 aromatic rings. The Morgan fingerprint density at radius 1 is 1.40 bits per heavy atom. The summed E-state index contributed by atoms with van der Waals surface area (Å²) in [5.74, 6) is -0.460. The Morgan fingerprint density at radius 3 is 2.45 bits per heavy atom. The van der Waals surface area contributed by atoms with Crippen molar-refractivity contribution in [1.82, 2.24) is 4.31 Å².